The molecule has 2 heterocycles. The van der Waals surface area contributed by atoms with Crippen molar-refractivity contribution in [1.29, 1.82) is 0 Å². The number of carbonyl (C=O) groups is 1. The first-order chi connectivity index (χ1) is 15.4. The molecule has 0 saturated heterocycles. The fourth-order valence-corrected chi connectivity index (χ4v) is 4.76. The van der Waals surface area contributed by atoms with E-state index in [0.29, 0.717) is 21.5 Å². The second-order valence-corrected chi connectivity index (χ2v) is 9.27. The number of nitrogens with zero attached hydrogens (tertiary/aromatic N) is 3. The van der Waals surface area contributed by atoms with Crippen molar-refractivity contribution in [3.8, 4) is 11.5 Å². The second-order valence-electron chi connectivity index (χ2n) is 6.56. The van der Waals surface area contributed by atoms with Gasteiger partial charge >= 0.3 is 0 Å². The number of pyridine rings is 1. The molecule has 0 fully saturated rings. The summed E-state index contributed by atoms with van der Waals surface area (Å²) in [6.07, 6.45) is 4.31. The fourth-order valence-electron chi connectivity index (χ4n) is 2.91. The quantitative estimate of drug-likeness (QED) is 0.381. The number of ether oxygens (including phenoxy) is 2. The van der Waals surface area contributed by atoms with Crippen LogP contribution >= 0.6 is 15.9 Å². The Bertz CT molecular complexity index is 1250. The van der Waals surface area contributed by atoms with E-state index in [1.165, 1.54) is 30.7 Å². The Balaban J connectivity index is 1.52. The average Bonchev–Trinajstić information content (AvgIpc) is 3.25. The maximum absolute atomic E-state index is 13.2. The predicted octanol–water partition coefficient (Wildman–Crippen LogP) is 2.92. The SMILES string of the molecule is O=C(CN(c1cccnc1)S(=O)(=O)c1ccccc1)N/N=C\c1cc2c(cc1Br)OCO2. The Morgan fingerprint density at radius 1 is 1.16 bits per heavy atom. The Morgan fingerprint density at radius 2 is 1.91 bits per heavy atom. The number of halogens is 1. The summed E-state index contributed by atoms with van der Waals surface area (Å²) in [5, 5.41) is 3.94. The second kappa shape index (κ2) is 9.37. The molecule has 1 aromatic heterocycles. The van der Waals surface area contributed by atoms with Crippen LogP contribution in [-0.2, 0) is 14.8 Å². The number of amides is 1. The average molecular weight is 517 g/mol. The van der Waals surface area contributed by atoms with Crippen molar-refractivity contribution in [2.75, 3.05) is 17.6 Å². The highest BCUT2D eigenvalue weighted by atomic mass is 79.9. The molecule has 1 N–H and O–H groups in total. The minimum absolute atomic E-state index is 0.0597. The van der Waals surface area contributed by atoms with Crippen LogP contribution in [0, 0.1) is 0 Å². The number of rotatable bonds is 7. The van der Waals surface area contributed by atoms with Crippen LogP contribution in [0.4, 0.5) is 5.69 Å². The van der Waals surface area contributed by atoms with Gasteiger partial charge in [0, 0.05) is 16.2 Å². The third-order valence-corrected chi connectivity index (χ3v) is 6.91. The standard InChI is InChI=1S/C21H17BrN4O5S/c22-18-10-20-19(30-14-31-20)9-15(18)11-24-25-21(27)13-26(16-5-4-8-23-12-16)32(28,29)17-6-2-1-3-7-17/h1-12H,13-14H2,(H,25,27)/b24-11-. The van der Waals surface area contributed by atoms with E-state index >= 15 is 0 Å². The van der Waals surface area contributed by atoms with Crippen LogP contribution in [0.2, 0.25) is 0 Å². The van der Waals surface area contributed by atoms with E-state index in [1.807, 2.05) is 0 Å². The minimum atomic E-state index is -4.00. The number of sulfonamides is 1. The number of hydrogen-bond acceptors (Lipinski definition) is 7. The first-order valence-electron chi connectivity index (χ1n) is 9.34. The van der Waals surface area contributed by atoms with Gasteiger partial charge in [-0.2, -0.15) is 5.10 Å². The Hall–Kier alpha value is -3.44. The molecular formula is C21H17BrN4O5S. The van der Waals surface area contributed by atoms with Gasteiger partial charge in [-0.3, -0.25) is 14.1 Å². The minimum Gasteiger partial charge on any atom is -0.454 e. The van der Waals surface area contributed by atoms with Crippen molar-refractivity contribution in [2.45, 2.75) is 4.90 Å². The van der Waals surface area contributed by atoms with Crippen molar-refractivity contribution in [2.24, 2.45) is 5.10 Å². The molecule has 1 aliphatic rings. The summed E-state index contributed by atoms with van der Waals surface area (Å²) >= 11 is 3.41. The van der Waals surface area contributed by atoms with E-state index < -0.39 is 22.5 Å². The summed E-state index contributed by atoms with van der Waals surface area (Å²) in [7, 11) is -4.00. The molecule has 164 valence electrons. The van der Waals surface area contributed by atoms with Gasteiger partial charge in [0.1, 0.15) is 6.54 Å². The number of hydrogen-bond donors (Lipinski definition) is 1. The molecule has 0 atom stereocenters. The zero-order chi connectivity index (χ0) is 22.6. The van der Waals surface area contributed by atoms with Gasteiger partial charge in [-0.05, 0) is 52.3 Å². The van der Waals surface area contributed by atoms with Crippen LogP contribution in [-0.4, -0.2) is 38.9 Å². The number of fused-ring (bicyclic) bond motifs is 1. The van der Waals surface area contributed by atoms with E-state index in [2.05, 4.69) is 31.4 Å². The molecule has 1 aliphatic heterocycles. The summed E-state index contributed by atoms with van der Waals surface area (Å²) in [6.45, 7) is -0.345. The van der Waals surface area contributed by atoms with Gasteiger partial charge in [0.05, 0.1) is 23.0 Å². The highest BCUT2D eigenvalue weighted by Crippen LogP contribution is 2.36. The fraction of sp³-hybridized carbons (Fsp3) is 0.0952. The first kappa shape index (κ1) is 21.8. The van der Waals surface area contributed by atoms with Gasteiger partial charge in [-0.1, -0.05) is 18.2 Å². The topological polar surface area (TPSA) is 110 Å². The van der Waals surface area contributed by atoms with Gasteiger partial charge in [-0.25, -0.2) is 13.8 Å². The molecule has 3 aromatic rings. The van der Waals surface area contributed by atoms with Gasteiger partial charge in [-0.15, -0.1) is 0 Å². The third kappa shape index (κ3) is 4.73. The Labute approximate surface area is 192 Å². The van der Waals surface area contributed by atoms with Gasteiger partial charge in [0.2, 0.25) is 6.79 Å². The number of nitrogens with one attached hydrogen (secondary N) is 1. The summed E-state index contributed by atoms with van der Waals surface area (Å²) in [5.41, 5.74) is 3.27. The van der Waals surface area contributed by atoms with E-state index in [-0.39, 0.29) is 17.4 Å². The van der Waals surface area contributed by atoms with Crippen LogP contribution < -0.4 is 19.2 Å². The monoisotopic (exact) mass is 516 g/mol. The van der Waals surface area contributed by atoms with Gasteiger partial charge in [0.15, 0.2) is 11.5 Å². The smallest absolute Gasteiger partial charge is 0.264 e. The van der Waals surface area contributed by atoms with Crippen molar-refractivity contribution >= 4 is 43.8 Å². The lowest BCUT2D eigenvalue weighted by molar-refractivity contribution is -0.119. The van der Waals surface area contributed by atoms with Crippen molar-refractivity contribution in [1.82, 2.24) is 10.4 Å². The van der Waals surface area contributed by atoms with Crippen molar-refractivity contribution < 1.29 is 22.7 Å². The van der Waals surface area contributed by atoms with E-state index in [1.54, 1.807) is 42.5 Å². The van der Waals surface area contributed by atoms with Crippen molar-refractivity contribution in [3.63, 3.8) is 0 Å². The van der Waals surface area contributed by atoms with E-state index in [0.717, 1.165) is 4.31 Å². The van der Waals surface area contributed by atoms with E-state index in [9.17, 15) is 13.2 Å². The predicted molar refractivity (Wildman–Crippen MR) is 121 cm³/mol. The van der Waals surface area contributed by atoms with E-state index in [4.69, 9.17) is 9.47 Å². The van der Waals surface area contributed by atoms with Crippen LogP contribution in [0.1, 0.15) is 5.56 Å². The molecule has 0 aliphatic carbocycles. The maximum Gasteiger partial charge on any atom is 0.264 e. The lowest BCUT2D eigenvalue weighted by Crippen LogP contribution is -2.39. The molecule has 2 aromatic carbocycles. The number of benzene rings is 2. The molecule has 0 unspecified atom stereocenters. The Kier molecular flexibility index (Phi) is 6.37. The molecular weight excluding hydrogens is 500 g/mol. The lowest BCUT2D eigenvalue weighted by atomic mass is 10.2. The number of anilines is 1. The molecule has 1 amide bonds. The molecule has 9 nitrogen and oxygen atoms in total. The van der Waals surface area contributed by atoms with Crippen LogP contribution in [0.5, 0.6) is 11.5 Å². The van der Waals surface area contributed by atoms with Gasteiger partial charge < -0.3 is 9.47 Å². The first-order valence-corrected chi connectivity index (χ1v) is 11.6. The molecule has 0 saturated carbocycles. The highest BCUT2D eigenvalue weighted by molar-refractivity contribution is 9.10. The largest absolute Gasteiger partial charge is 0.454 e. The molecule has 0 spiro atoms. The maximum atomic E-state index is 13.2. The van der Waals surface area contributed by atoms with Crippen LogP contribution in [0.15, 0.2) is 81.5 Å². The molecule has 0 bridgehead atoms. The third-order valence-electron chi connectivity index (χ3n) is 4.44. The normalized spacial score (nSPS) is 12.7. The number of carbonyl (C=O) groups excluding carboxylic acids is 1. The molecule has 32 heavy (non-hydrogen) atoms. The summed E-state index contributed by atoms with van der Waals surface area (Å²) in [4.78, 5) is 16.6. The number of hydrazone groups is 1. The Morgan fingerprint density at radius 3 is 2.62 bits per heavy atom. The highest BCUT2D eigenvalue weighted by Gasteiger charge is 2.27. The van der Waals surface area contributed by atoms with Crippen LogP contribution in [0.25, 0.3) is 0 Å². The summed E-state index contributed by atoms with van der Waals surface area (Å²) < 4.78 is 38.6. The van der Waals surface area contributed by atoms with Crippen molar-refractivity contribution in [3.05, 3.63) is 77.0 Å². The summed E-state index contributed by atoms with van der Waals surface area (Å²) in [5.74, 6) is 0.551. The number of aromatic nitrogens is 1. The van der Waals surface area contributed by atoms with Gasteiger partial charge in [0.25, 0.3) is 15.9 Å². The molecule has 0 radical (unpaired) electrons. The zero-order valence-electron chi connectivity index (χ0n) is 16.5. The van der Waals surface area contributed by atoms with Crippen LogP contribution in [0.3, 0.4) is 0 Å². The molecule has 11 heteroatoms. The summed E-state index contributed by atoms with van der Waals surface area (Å²) in [6, 6.07) is 14.5. The molecule has 4 rings (SSSR count). The zero-order valence-corrected chi connectivity index (χ0v) is 18.9. The lowest BCUT2D eigenvalue weighted by Gasteiger charge is -2.23.